The molecule has 0 bridgehead atoms. The van der Waals surface area contributed by atoms with E-state index in [9.17, 15) is 9.59 Å². The molecule has 0 saturated heterocycles. The van der Waals surface area contributed by atoms with E-state index in [-0.39, 0.29) is 25.2 Å². The molecule has 388 valence electrons. The zero-order chi connectivity index (χ0) is 47.7. The van der Waals surface area contributed by atoms with Gasteiger partial charge in [0.05, 0.1) is 6.61 Å². The summed E-state index contributed by atoms with van der Waals surface area (Å²) in [5, 5.41) is 0. The first-order chi connectivity index (χ1) is 32.6. The summed E-state index contributed by atoms with van der Waals surface area (Å²) in [6.45, 7) is 7.77. The molecule has 5 nitrogen and oxygen atoms in total. The number of ether oxygens (including phenoxy) is 3. The van der Waals surface area contributed by atoms with Crippen LogP contribution >= 0.6 is 0 Å². The highest BCUT2D eigenvalue weighted by Crippen LogP contribution is 2.17. The lowest BCUT2D eigenvalue weighted by molar-refractivity contribution is -0.163. The van der Waals surface area contributed by atoms with Crippen LogP contribution in [0.3, 0.4) is 0 Å². The number of esters is 2. The van der Waals surface area contributed by atoms with Gasteiger partial charge in [0.25, 0.3) is 0 Å². The van der Waals surface area contributed by atoms with Crippen molar-refractivity contribution in [3.8, 4) is 0 Å². The zero-order valence-corrected chi connectivity index (χ0v) is 44.7. The Bertz CT molecular complexity index is 1050. The average molecular weight is 928 g/mol. The second-order valence-electron chi connectivity index (χ2n) is 19.9. The van der Waals surface area contributed by atoms with Gasteiger partial charge in [-0.15, -0.1) is 0 Å². The van der Waals surface area contributed by atoms with Crippen molar-refractivity contribution in [2.45, 2.75) is 322 Å². The first-order valence-corrected chi connectivity index (χ1v) is 29.5. The highest BCUT2D eigenvalue weighted by atomic mass is 16.6. The maximum absolute atomic E-state index is 12.8. The van der Waals surface area contributed by atoms with Crippen molar-refractivity contribution in [3.05, 3.63) is 36.5 Å². The fraction of sp³-hybridized carbons (Fsp3) is 0.869. The summed E-state index contributed by atoms with van der Waals surface area (Å²) < 4.78 is 17.5. The van der Waals surface area contributed by atoms with Crippen LogP contribution in [0.5, 0.6) is 0 Å². The van der Waals surface area contributed by atoms with Crippen molar-refractivity contribution >= 4 is 11.9 Å². The molecule has 0 aromatic heterocycles. The molecule has 0 saturated carbocycles. The molecule has 0 unspecified atom stereocenters. The molecular weight excluding hydrogens is 813 g/mol. The molecule has 0 radical (unpaired) electrons. The van der Waals surface area contributed by atoms with Gasteiger partial charge in [0.1, 0.15) is 6.61 Å². The summed E-state index contributed by atoms with van der Waals surface area (Å²) in [5.74, 6) is -0.394. The van der Waals surface area contributed by atoms with Crippen LogP contribution in [0.4, 0.5) is 0 Å². The van der Waals surface area contributed by atoms with E-state index in [2.05, 4.69) is 57.2 Å². The molecule has 5 heteroatoms. The van der Waals surface area contributed by atoms with Crippen molar-refractivity contribution in [2.75, 3.05) is 19.8 Å². The van der Waals surface area contributed by atoms with Crippen LogP contribution in [-0.2, 0) is 23.8 Å². The molecule has 0 N–H and O–H groups in total. The van der Waals surface area contributed by atoms with Gasteiger partial charge in [0, 0.05) is 19.4 Å². The normalized spacial score (nSPS) is 12.3. The van der Waals surface area contributed by atoms with Crippen molar-refractivity contribution < 1.29 is 23.8 Å². The van der Waals surface area contributed by atoms with Gasteiger partial charge in [-0.25, -0.2) is 0 Å². The fourth-order valence-corrected chi connectivity index (χ4v) is 8.82. The Morgan fingerprint density at radius 1 is 0.348 bits per heavy atom. The van der Waals surface area contributed by atoms with Crippen molar-refractivity contribution in [3.63, 3.8) is 0 Å². The molecule has 0 aliphatic carbocycles. The number of hydrogen-bond acceptors (Lipinski definition) is 5. The van der Waals surface area contributed by atoms with Gasteiger partial charge in [-0.05, 0) is 51.4 Å². The summed E-state index contributed by atoms with van der Waals surface area (Å²) >= 11 is 0. The van der Waals surface area contributed by atoms with Gasteiger partial charge in [-0.3, -0.25) is 9.59 Å². The minimum atomic E-state index is -0.540. The lowest BCUT2D eigenvalue weighted by Gasteiger charge is -2.18. The van der Waals surface area contributed by atoms with Gasteiger partial charge >= 0.3 is 11.9 Å². The Morgan fingerprint density at radius 2 is 0.682 bits per heavy atom. The standard InChI is InChI=1S/C61H114O5/c1-4-7-10-13-16-19-22-25-28-30-31-32-34-36-39-42-45-48-51-54-60(62)65-58-59(57-64-56-53-50-47-44-41-38-35-29-26-23-20-17-14-11-8-5-2)66-61(63)55-52-49-46-43-40-37-33-27-24-21-18-15-12-9-6-3/h9,12,18,21,27,33,59H,4-8,10-11,13-17,19-20,22-26,28-32,34-58H2,1-3H3/b12-9-,21-18-,33-27-/t59-/m1/s1. The molecule has 66 heavy (non-hydrogen) atoms. The van der Waals surface area contributed by atoms with Gasteiger partial charge in [0.2, 0.25) is 0 Å². The number of carbonyl (C=O) groups is 2. The summed E-state index contributed by atoms with van der Waals surface area (Å²) in [7, 11) is 0. The monoisotopic (exact) mass is 927 g/mol. The average Bonchev–Trinajstić information content (AvgIpc) is 3.32. The lowest BCUT2D eigenvalue weighted by Crippen LogP contribution is -2.30. The number of unbranched alkanes of at least 4 members (excludes halogenated alkanes) is 38. The molecule has 0 aromatic rings. The molecule has 0 aliphatic rings. The van der Waals surface area contributed by atoms with Crippen molar-refractivity contribution in [2.24, 2.45) is 0 Å². The quantitative estimate of drug-likeness (QED) is 0.0345. The van der Waals surface area contributed by atoms with Crippen LogP contribution in [0, 0.1) is 0 Å². The Balaban J connectivity index is 4.22. The molecule has 0 spiro atoms. The molecule has 0 rings (SSSR count). The molecule has 1 atom stereocenters. The first-order valence-electron chi connectivity index (χ1n) is 29.5. The van der Waals surface area contributed by atoms with Crippen molar-refractivity contribution in [1.29, 1.82) is 0 Å². The molecular formula is C61H114O5. The van der Waals surface area contributed by atoms with Gasteiger partial charge < -0.3 is 14.2 Å². The van der Waals surface area contributed by atoms with E-state index in [1.165, 1.54) is 218 Å². The van der Waals surface area contributed by atoms with E-state index >= 15 is 0 Å². The van der Waals surface area contributed by atoms with E-state index < -0.39 is 6.10 Å². The smallest absolute Gasteiger partial charge is 0.306 e. The third kappa shape index (κ3) is 54.7. The fourth-order valence-electron chi connectivity index (χ4n) is 8.82. The minimum Gasteiger partial charge on any atom is -0.462 e. The van der Waals surface area contributed by atoms with Crippen LogP contribution < -0.4 is 0 Å². The van der Waals surface area contributed by atoms with Gasteiger partial charge in [-0.1, -0.05) is 288 Å². The minimum absolute atomic E-state index is 0.0852. The lowest BCUT2D eigenvalue weighted by atomic mass is 10.0. The number of carbonyl (C=O) groups excluding carboxylic acids is 2. The topological polar surface area (TPSA) is 61.8 Å². The zero-order valence-electron chi connectivity index (χ0n) is 44.7. The van der Waals surface area contributed by atoms with Gasteiger partial charge in [0.15, 0.2) is 6.10 Å². The molecule has 0 fully saturated rings. The molecule has 0 heterocycles. The summed E-state index contributed by atoms with van der Waals surface area (Å²) in [6, 6.07) is 0. The maximum atomic E-state index is 12.8. The second-order valence-corrected chi connectivity index (χ2v) is 19.9. The van der Waals surface area contributed by atoms with E-state index in [1.807, 2.05) is 0 Å². The SMILES string of the molecule is CC/C=C\C/C=C\C/C=C\CCCCCCCC(=O)O[C@H](COCCCCCCCCCCCCCCCCCC)COC(=O)CCCCCCCCCCCCCCCCCCCCC. The highest BCUT2D eigenvalue weighted by Gasteiger charge is 2.17. The number of rotatable bonds is 55. The van der Waals surface area contributed by atoms with Gasteiger partial charge in [-0.2, -0.15) is 0 Å². The van der Waals surface area contributed by atoms with E-state index in [1.54, 1.807) is 0 Å². The predicted octanol–water partition coefficient (Wildman–Crippen LogP) is 20.1. The van der Waals surface area contributed by atoms with E-state index in [0.29, 0.717) is 19.4 Å². The summed E-state index contributed by atoms with van der Waals surface area (Å²) in [4.78, 5) is 25.5. The molecule has 0 amide bonds. The Labute approximate surface area is 412 Å². The van der Waals surface area contributed by atoms with Crippen molar-refractivity contribution in [1.82, 2.24) is 0 Å². The first kappa shape index (κ1) is 64.1. The number of hydrogen-bond donors (Lipinski definition) is 0. The summed E-state index contributed by atoms with van der Waals surface area (Å²) in [5.41, 5.74) is 0. The largest absolute Gasteiger partial charge is 0.462 e. The van der Waals surface area contributed by atoms with E-state index in [0.717, 1.165) is 64.2 Å². The van der Waals surface area contributed by atoms with E-state index in [4.69, 9.17) is 14.2 Å². The Kier molecular flexibility index (Phi) is 55.8. The Morgan fingerprint density at radius 3 is 1.09 bits per heavy atom. The molecule has 0 aliphatic heterocycles. The highest BCUT2D eigenvalue weighted by molar-refractivity contribution is 5.70. The van der Waals surface area contributed by atoms with Crippen LogP contribution in [0.1, 0.15) is 316 Å². The second kappa shape index (κ2) is 57.4. The summed E-state index contributed by atoms with van der Waals surface area (Å²) in [6.07, 6.45) is 70.3. The van der Waals surface area contributed by atoms with Crippen LogP contribution in [0.15, 0.2) is 36.5 Å². The maximum Gasteiger partial charge on any atom is 0.306 e. The molecule has 0 aromatic carbocycles. The Hall–Kier alpha value is -1.88. The number of allylic oxidation sites excluding steroid dienone is 6. The van der Waals surface area contributed by atoms with Crippen LogP contribution in [0.2, 0.25) is 0 Å². The van der Waals surface area contributed by atoms with Crippen LogP contribution in [0.25, 0.3) is 0 Å². The third-order valence-corrected chi connectivity index (χ3v) is 13.2. The van der Waals surface area contributed by atoms with Crippen LogP contribution in [-0.4, -0.2) is 37.9 Å². The third-order valence-electron chi connectivity index (χ3n) is 13.2. The predicted molar refractivity (Wildman–Crippen MR) is 288 cm³/mol.